The van der Waals surface area contributed by atoms with Gasteiger partial charge >= 0.3 is 6.18 Å². The molecule has 2 heterocycles. The van der Waals surface area contributed by atoms with Crippen LogP contribution in [0.25, 0.3) is 17.0 Å². The number of rotatable bonds is 8. The maximum absolute atomic E-state index is 12.7. The van der Waals surface area contributed by atoms with Gasteiger partial charge in [0.1, 0.15) is 18.1 Å². The van der Waals surface area contributed by atoms with E-state index in [1.807, 2.05) is 0 Å². The highest BCUT2D eigenvalue weighted by molar-refractivity contribution is 5.94. The predicted octanol–water partition coefficient (Wildman–Crippen LogP) is 3.64. The van der Waals surface area contributed by atoms with Crippen molar-refractivity contribution < 1.29 is 32.2 Å². The van der Waals surface area contributed by atoms with E-state index in [0.29, 0.717) is 28.5 Å². The zero-order valence-corrected chi connectivity index (χ0v) is 18.7. The van der Waals surface area contributed by atoms with E-state index in [2.05, 4.69) is 20.6 Å². The highest BCUT2D eigenvalue weighted by atomic mass is 19.4. The van der Waals surface area contributed by atoms with Crippen LogP contribution in [0.3, 0.4) is 0 Å². The van der Waals surface area contributed by atoms with Crippen LogP contribution in [0.5, 0.6) is 17.4 Å². The van der Waals surface area contributed by atoms with E-state index in [0.717, 1.165) is 24.3 Å². The SMILES string of the molecule is COc1ccc(-c2nnc3ccc(OCCNC(=O)c4ccc(C(F)(F)F)cc4)nn23)c(OC)c1. The minimum atomic E-state index is -4.46. The average Bonchev–Trinajstić information content (AvgIpc) is 3.28. The second-order valence-electron chi connectivity index (χ2n) is 7.21. The molecule has 0 saturated heterocycles. The van der Waals surface area contributed by atoms with Gasteiger partial charge in [0, 0.05) is 17.7 Å². The number of aromatic nitrogens is 4. The maximum atomic E-state index is 12.7. The molecule has 0 aliphatic carbocycles. The van der Waals surface area contributed by atoms with Crippen molar-refractivity contribution in [1.29, 1.82) is 0 Å². The lowest BCUT2D eigenvalue weighted by Gasteiger charge is -2.10. The molecule has 0 bridgehead atoms. The number of benzene rings is 2. The lowest BCUT2D eigenvalue weighted by atomic mass is 10.1. The molecule has 2 aromatic carbocycles. The van der Waals surface area contributed by atoms with Crippen LogP contribution in [0, 0.1) is 0 Å². The van der Waals surface area contributed by atoms with Crippen molar-refractivity contribution in [3.63, 3.8) is 0 Å². The first-order chi connectivity index (χ1) is 16.8. The van der Waals surface area contributed by atoms with E-state index in [4.69, 9.17) is 14.2 Å². The van der Waals surface area contributed by atoms with Crippen molar-refractivity contribution in [3.05, 3.63) is 65.7 Å². The van der Waals surface area contributed by atoms with Crippen molar-refractivity contribution in [1.82, 2.24) is 25.1 Å². The largest absolute Gasteiger partial charge is 0.497 e. The predicted molar refractivity (Wildman–Crippen MR) is 119 cm³/mol. The Morgan fingerprint density at radius 1 is 1.00 bits per heavy atom. The van der Waals surface area contributed by atoms with Crippen LogP contribution in [-0.4, -0.2) is 53.1 Å². The van der Waals surface area contributed by atoms with Crippen LogP contribution in [0.15, 0.2) is 54.6 Å². The molecular formula is C23H20F3N5O4. The molecule has 35 heavy (non-hydrogen) atoms. The molecule has 0 spiro atoms. The van der Waals surface area contributed by atoms with Gasteiger partial charge in [-0.1, -0.05) is 0 Å². The van der Waals surface area contributed by atoms with Gasteiger partial charge in [0.2, 0.25) is 5.88 Å². The van der Waals surface area contributed by atoms with Crippen LogP contribution in [0.2, 0.25) is 0 Å². The zero-order valence-electron chi connectivity index (χ0n) is 18.7. The summed E-state index contributed by atoms with van der Waals surface area (Å²) >= 11 is 0. The smallest absolute Gasteiger partial charge is 0.416 e. The molecule has 0 aliphatic rings. The summed E-state index contributed by atoms with van der Waals surface area (Å²) < 4.78 is 55.7. The number of methoxy groups -OCH3 is 2. The Balaban J connectivity index is 1.40. The second kappa shape index (κ2) is 9.87. The third-order valence-electron chi connectivity index (χ3n) is 5.00. The highest BCUT2D eigenvalue weighted by Gasteiger charge is 2.30. The highest BCUT2D eigenvalue weighted by Crippen LogP contribution is 2.32. The van der Waals surface area contributed by atoms with Gasteiger partial charge in [-0.05, 0) is 42.5 Å². The number of carbonyl (C=O) groups is 1. The van der Waals surface area contributed by atoms with E-state index < -0.39 is 17.6 Å². The molecule has 4 rings (SSSR count). The molecule has 182 valence electrons. The summed E-state index contributed by atoms with van der Waals surface area (Å²) in [4.78, 5) is 12.2. The van der Waals surface area contributed by atoms with Gasteiger partial charge in [-0.25, -0.2) is 0 Å². The lowest BCUT2D eigenvalue weighted by molar-refractivity contribution is -0.137. The third-order valence-corrected chi connectivity index (χ3v) is 5.00. The van der Waals surface area contributed by atoms with Gasteiger partial charge in [0.25, 0.3) is 5.91 Å². The topological polar surface area (TPSA) is 99.9 Å². The second-order valence-corrected chi connectivity index (χ2v) is 7.21. The monoisotopic (exact) mass is 487 g/mol. The summed E-state index contributed by atoms with van der Waals surface area (Å²) in [5, 5.41) is 15.3. The number of amides is 1. The number of fused-ring (bicyclic) bond motifs is 1. The number of halogens is 3. The quantitative estimate of drug-likeness (QED) is 0.379. The van der Waals surface area contributed by atoms with E-state index in [9.17, 15) is 18.0 Å². The summed E-state index contributed by atoms with van der Waals surface area (Å²) in [5.74, 6) is 1.32. The Bertz CT molecular complexity index is 1340. The Morgan fingerprint density at radius 2 is 1.77 bits per heavy atom. The van der Waals surface area contributed by atoms with Crippen LogP contribution in [0.1, 0.15) is 15.9 Å². The molecule has 1 amide bonds. The fraction of sp³-hybridized carbons (Fsp3) is 0.217. The third kappa shape index (κ3) is 5.26. The summed E-state index contributed by atoms with van der Waals surface area (Å²) in [6.07, 6.45) is -4.46. The first-order valence-corrected chi connectivity index (χ1v) is 10.3. The minimum absolute atomic E-state index is 0.0776. The number of carbonyl (C=O) groups excluding carboxylic acids is 1. The standard InChI is InChI=1S/C23H20F3N5O4/c1-33-16-7-8-17(18(13-16)34-2)21-29-28-19-9-10-20(30-31(19)21)35-12-11-27-22(32)14-3-5-15(6-4-14)23(24,25)26/h3-10,13H,11-12H2,1-2H3,(H,27,32). The molecule has 0 atom stereocenters. The summed E-state index contributed by atoms with van der Waals surface area (Å²) in [6, 6.07) is 12.5. The fourth-order valence-electron chi connectivity index (χ4n) is 3.23. The summed E-state index contributed by atoms with van der Waals surface area (Å²) in [7, 11) is 3.08. The number of ether oxygens (including phenoxy) is 3. The molecule has 0 saturated carbocycles. The van der Waals surface area contributed by atoms with Gasteiger partial charge in [-0.3, -0.25) is 4.79 Å². The van der Waals surface area contributed by atoms with Crippen LogP contribution in [0.4, 0.5) is 13.2 Å². The van der Waals surface area contributed by atoms with E-state index in [1.165, 1.54) is 11.6 Å². The van der Waals surface area contributed by atoms with Crippen LogP contribution >= 0.6 is 0 Å². The molecule has 0 unspecified atom stereocenters. The molecule has 12 heteroatoms. The Kier molecular flexibility index (Phi) is 6.71. The summed E-state index contributed by atoms with van der Waals surface area (Å²) in [5.41, 5.74) is 0.426. The first-order valence-electron chi connectivity index (χ1n) is 10.3. The zero-order chi connectivity index (χ0) is 25.0. The fourth-order valence-corrected chi connectivity index (χ4v) is 3.23. The lowest BCUT2D eigenvalue weighted by Crippen LogP contribution is -2.28. The molecule has 1 N–H and O–H groups in total. The Morgan fingerprint density at radius 3 is 2.46 bits per heavy atom. The molecule has 0 radical (unpaired) electrons. The summed E-state index contributed by atoms with van der Waals surface area (Å²) in [6.45, 7) is 0.190. The molecule has 4 aromatic rings. The van der Waals surface area contributed by atoms with E-state index in [-0.39, 0.29) is 24.6 Å². The van der Waals surface area contributed by atoms with Gasteiger partial charge in [-0.2, -0.15) is 17.7 Å². The molecular weight excluding hydrogens is 467 g/mol. The molecule has 9 nitrogen and oxygen atoms in total. The number of alkyl halides is 3. The Hall–Kier alpha value is -4.35. The number of nitrogens with one attached hydrogen (secondary N) is 1. The van der Waals surface area contributed by atoms with Gasteiger partial charge in [-0.15, -0.1) is 15.3 Å². The van der Waals surface area contributed by atoms with E-state index in [1.54, 1.807) is 37.4 Å². The molecule has 2 aromatic heterocycles. The van der Waals surface area contributed by atoms with Crippen molar-refractivity contribution in [3.8, 4) is 28.8 Å². The normalized spacial score (nSPS) is 11.3. The number of nitrogens with zero attached hydrogens (tertiary/aromatic N) is 4. The van der Waals surface area contributed by atoms with Gasteiger partial charge in [0.15, 0.2) is 11.5 Å². The van der Waals surface area contributed by atoms with Crippen molar-refractivity contribution >= 4 is 11.6 Å². The van der Waals surface area contributed by atoms with Gasteiger partial charge in [0.05, 0.1) is 31.9 Å². The number of hydrogen-bond donors (Lipinski definition) is 1. The van der Waals surface area contributed by atoms with Crippen molar-refractivity contribution in [2.45, 2.75) is 6.18 Å². The molecule has 0 fully saturated rings. The minimum Gasteiger partial charge on any atom is -0.497 e. The van der Waals surface area contributed by atoms with E-state index >= 15 is 0 Å². The maximum Gasteiger partial charge on any atom is 0.416 e. The first kappa shape index (κ1) is 23.8. The average molecular weight is 487 g/mol. The van der Waals surface area contributed by atoms with Gasteiger partial charge < -0.3 is 19.5 Å². The van der Waals surface area contributed by atoms with Crippen LogP contribution in [-0.2, 0) is 6.18 Å². The Labute approximate surface area is 197 Å². The van der Waals surface area contributed by atoms with Crippen LogP contribution < -0.4 is 19.5 Å². The molecule has 0 aliphatic heterocycles. The van der Waals surface area contributed by atoms with Crippen molar-refractivity contribution in [2.75, 3.05) is 27.4 Å². The number of hydrogen-bond acceptors (Lipinski definition) is 7. The van der Waals surface area contributed by atoms with Crippen molar-refractivity contribution in [2.24, 2.45) is 0 Å².